The third kappa shape index (κ3) is 4.88. The lowest BCUT2D eigenvalue weighted by molar-refractivity contribution is -0.136. The normalized spacial score (nSPS) is 21.0. The first-order chi connectivity index (χ1) is 10.2. The molecule has 2 rings (SSSR count). The van der Waals surface area contributed by atoms with Gasteiger partial charge < -0.3 is 19.9 Å². The molecule has 1 aliphatic carbocycles. The van der Waals surface area contributed by atoms with E-state index in [0.29, 0.717) is 32.2 Å². The third-order valence-electron chi connectivity index (χ3n) is 4.37. The van der Waals surface area contributed by atoms with Crippen molar-refractivity contribution in [2.45, 2.75) is 44.6 Å². The summed E-state index contributed by atoms with van der Waals surface area (Å²) in [5.74, 6) is 0.00123. The number of carbonyl (C=O) groups excluding carboxylic acids is 2. The summed E-state index contributed by atoms with van der Waals surface area (Å²) in [6, 6.07) is 0.355. The van der Waals surface area contributed by atoms with Crippen molar-refractivity contribution in [3.8, 4) is 0 Å². The van der Waals surface area contributed by atoms with Crippen LogP contribution in [0.25, 0.3) is 0 Å². The fourth-order valence-corrected chi connectivity index (χ4v) is 3.06. The van der Waals surface area contributed by atoms with E-state index in [0.717, 1.165) is 12.8 Å². The van der Waals surface area contributed by atoms with E-state index in [1.54, 1.807) is 4.90 Å². The zero-order chi connectivity index (χ0) is 15.1. The Morgan fingerprint density at radius 3 is 2.14 bits per heavy atom. The van der Waals surface area contributed by atoms with Gasteiger partial charge in [-0.05, 0) is 12.8 Å². The molecule has 1 saturated heterocycles. The second-order valence-corrected chi connectivity index (χ2v) is 5.94. The van der Waals surface area contributed by atoms with Crippen LogP contribution in [0.15, 0.2) is 0 Å². The Kier molecular flexibility index (Phi) is 6.29. The highest BCUT2D eigenvalue weighted by molar-refractivity contribution is 5.78. The van der Waals surface area contributed by atoms with E-state index in [1.807, 2.05) is 4.90 Å². The smallest absolute Gasteiger partial charge is 0.317 e. The summed E-state index contributed by atoms with van der Waals surface area (Å²) < 4.78 is 4.86. The zero-order valence-electron chi connectivity index (χ0n) is 13.0. The van der Waals surface area contributed by atoms with Crippen LogP contribution in [0.2, 0.25) is 0 Å². The molecule has 0 atom stereocenters. The Morgan fingerprint density at radius 2 is 1.57 bits per heavy atom. The number of hydrogen-bond acceptors (Lipinski definition) is 3. The summed E-state index contributed by atoms with van der Waals surface area (Å²) in [4.78, 5) is 27.6. The molecule has 1 heterocycles. The van der Waals surface area contributed by atoms with Crippen LogP contribution < -0.4 is 5.32 Å². The van der Waals surface area contributed by atoms with E-state index in [2.05, 4.69) is 5.32 Å². The van der Waals surface area contributed by atoms with Gasteiger partial charge in [-0.2, -0.15) is 0 Å². The number of ether oxygens (including phenoxy) is 1. The minimum atomic E-state index is 0.00123. The molecule has 0 spiro atoms. The summed E-state index contributed by atoms with van der Waals surface area (Å²) in [5, 5.41) is 3.16. The third-order valence-corrected chi connectivity index (χ3v) is 4.37. The fourth-order valence-electron chi connectivity index (χ4n) is 3.06. The number of nitrogens with zero attached hydrogens (tertiary/aromatic N) is 2. The monoisotopic (exact) mass is 297 g/mol. The molecule has 120 valence electrons. The van der Waals surface area contributed by atoms with Gasteiger partial charge in [-0.15, -0.1) is 0 Å². The molecular formula is C15H27N3O3. The minimum absolute atomic E-state index is 0.00123. The Bertz CT molecular complexity index is 346. The van der Waals surface area contributed by atoms with Crippen molar-refractivity contribution in [2.75, 3.05) is 39.9 Å². The van der Waals surface area contributed by atoms with Gasteiger partial charge in [-0.3, -0.25) is 4.79 Å². The van der Waals surface area contributed by atoms with E-state index in [9.17, 15) is 9.59 Å². The number of carbonyl (C=O) groups is 2. The highest BCUT2D eigenvalue weighted by Gasteiger charge is 2.25. The molecule has 1 saturated carbocycles. The highest BCUT2D eigenvalue weighted by Crippen LogP contribution is 2.17. The van der Waals surface area contributed by atoms with E-state index in [1.165, 1.54) is 32.8 Å². The maximum atomic E-state index is 12.3. The lowest BCUT2D eigenvalue weighted by Gasteiger charge is -2.35. The maximum Gasteiger partial charge on any atom is 0.317 e. The number of methoxy groups -OCH3 is 1. The van der Waals surface area contributed by atoms with E-state index in [-0.39, 0.29) is 18.5 Å². The van der Waals surface area contributed by atoms with Gasteiger partial charge in [0.25, 0.3) is 0 Å². The SMILES string of the molecule is COCC(=O)N1CCN(C(=O)NC2CCCCCC2)CC1. The van der Waals surface area contributed by atoms with Crippen LogP contribution in [0.5, 0.6) is 0 Å². The number of urea groups is 1. The fraction of sp³-hybridized carbons (Fsp3) is 0.867. The number of hydrogen-bond donors (Lipinski definition) is 1. The van der Waals surface area contributed by atoms with Gasteiger partial charge in [0, 0.05) is 39.3 Å². The molecule has 1 aliphatic heterocycles. The predicted molar refractivity (Wildman–Crippen MR) is 80.1 cm³/mol. The number of piperazine rings is 1. The second kappa shape index (κ2) is 8.22. The summed E-state index contributed by atoms with van der Waals surface area (Å²) >= 11 is 0. The van der Waals surface area contributed by atoms with Gasteiger partial charge >= 0.3 is 6.03 Å². The van der Waals surface area contributed by atoms with Crippen LogP contribution >= 0.6 is 0 Å². The summed E-state index contributed by atoms with van der Waals surface area (Å²) in [6.07, 6.45) is 7.18. The predicted octanol–water partition coefficient (Wildman–Crippen LogP) is 1.21. The van der Waals surface area contributed by atoms with Gasteiger partial charge in [0.1, 0.15) is 6.61 Å². The molecule has 2 fully saturated rings. The quantitative estimate of drug-likeness (QED) is 0.797. The zero-order valence-corrected chi connectivity index (χ0v) is 13.0. The molecule has 6 nitrogen and oxygen atoms in total. The van der Waals surface area contributed by atoms with Gasteiger partial charge in [0.2, 0.25) is 5.91 Å². The van der Waals surface area contributed by atoms with E-state index in [4.69, 9.17) is 4.74 Å². The molecule has 2 aliphatic rings. The first-order valence-corrected chi connectivity index (χ1v) is 8.03. The maximum absolute atomic E-state index is 12.3. The van der Waals surface area contributed by atoms with Crippen LogP contribution in [-0.2, 0) is 9.53 Å². The molecule has 0 bridgehead atoms. The van der Waals surface area contributed by atoms with Crippen molar-refractivity contribution in [1.82, 2.24) is 15.1 Å². The van der Waals surface area contributed by atoms with Crippen molar-refractivity contribution in [3.05, 3.63) is 0 Å². The molecule has 0 unspecified atom stereocenters. The van der Waals surface area contributed by atoms with Gasteiger partial charge in [-0.1, -0.05) is 25.7 Å². The Hall–Kier alpha value is -1.30. The molecule has 1 N–H and O–H groups in total. The van der Waals surface area contributed by atoms with Crippen molar-refractivity contribution in [3.63, 3.8) is 0 Å². The van der Waals surface area contributed by atoms with Crippen LogP contribution in [-0.4, -0.2) is 67.7 Å². The topological polar surface area (TPSA) is 61.9 Å². The molecule has 0 radical (unpaired) electrons. The Labute approximate surface area is 126 Å². The van der Waals surface area contributed by atoms with Crippen molar-refractivity contribution in [1.29, 1.82) is 0 Å². The molecule has 0 aromatic heterocycles. The number of amides is 3. The Balaban J connectivity index is 1.73. The lowest BCUT2D eigenvalue weighted by Crippen LogP contribution is -2.55. The molecular weight excluding hydrogens is 270 g/mol. The average molecular weight is 297 g/mol. The average Bonchev–Trinajstić information content (AvgIpc) is 2.76. The van der Waals surface area contributed by atoms with Crippen LogP contribution in [0.1, 0.15) is 38.5 Å². The first kappa shape index (κ1) is 16.1. The summed E-state index contributed by atoms with van der Waals surface area (Å²) in [5.41, 5.74) is 0. The molecule has 0 aromatic rings. The summed E-state index contributed by atoms with van der Waals surface area (Å²) in [6.45, 7) is 2.52. The van der Waals surface area contributed by atoms with Gasteiger partial charge in [-0.25, -0.2) is 4.79 Å². The largest absolute Gasteiger partial charge is 0.375 e. The van der Waals surface area contributed by atoms with Crippen LogP contribution in [0.3, 0.4) is 0 Å². The van der Waals surface area contributed by atoms with Gasteiger partial charge in [0.05, 0.1) is 0 Å². The van der Waals surface area contributed by atoms with Crippen molar-refractivity contribution in [2.24, 2.45) is 0 Å². The first-order valence-electron chi connectivity index (χ1n) is 8.03. The van der Waals surface area contributed by atoms with E-state index < -0.39 is 0 Å². The minimum Gasteiger partial charge on any atom is -0.375 e. The van der Waals surface area contributed by atoms with Crippen molar-refractivity contribution < 1.29 is 14.3 Å². The Morgan fingerprint density at radius 1 is 1.00 bits per heavy atom. The van der Waals surface area contributed by atoms with Crippen LogP contribution in [0.4, 0.5) is 4.79 Å². The number of rotatable bonds is 3. The lowest BCUT2D eigenvalue weighted by atomic mass is 10.1. The van der Waals surface area contributed by atoms with Crippen molar-refractivity contribution >= 4 is 11.9 Å². The molecule has 0 aromatic carbocycles. The molecule has 21 heavy (non-hydrogen) atoms. The van der Waals surface area contributed by atoms with Gasteiger partial charge in [0.15, 0.2) is 0 Å². The van der Waals surface area contributed by atoms with E-state index >= 15 is 0 Å². The van der Waals surface area contributed by atoms with Crippen LogP contribution in [0, 0.1) is 0 Å². The second-order valence-electron chi connectivity index (χ2n) is 5.94. The molecule has 3 amide bonds. The number of nitrogens with one attached hydrogen (secondary N) is 1. The molecule has 6 heteroatoms. The summed E-state index contributed by atoms with van der Waals surface area (Å²) in [7, 11) is 1.52. The highest BCUT2D eigenvalue weighted by atomic mass is 16.5. The standard InChI is InChI=1S/C15H27N3O3/c1-21-12-14(19)17-8-10-18(11-9-17)15(20)16-13-6-4-2-3-5-7-13/h13H,2-12H2,1H3,(H,16,20).